The highest BCUT2D eigenvalue weighted by molar-refractivity contribution is 7.09. The van der Waals surface area contributed by atoms with Crippen molar-refractivity contribution in [3.63, 3.8) is 0 Å². The molecule has 17 heavy (non-hydrogen) atoms. The van der Waals surface area contributed by atoms with Crippen LogP contribution < -0.4 is 5.73 Å². The maximum Gasteiger partial charge on any atom is 0.119 e. The molecule has 1 heterocycles. The molecule has 0 aliphatic rings. The molecule has 0 aliphatic carbocycles. The first-order valence-corrected chi connectivity index (χ1v) is 6.46. The maximum absolute atomic E-state index is 5.85. The zero-order chi connectivity index (χ0) is 12.1. The number of nitrogens with zero attached hydrogens (tertiary/aromatic N) is 1. The number of aromatic nitrogens is 1. The van der Waals surface area contributed by atoms with Gasteiger partial charge in [-0.25, -0.2) is 4.98 Å². The van der Waals surface area contributed by atoms with Gasteiger partial charge in [0.1, 0.15) is 5.01 Å². The number of hydrogen-bond donors (Lipinski definition) is 1. The Morgan fingerprint density at radius 3 is 2.88 bits per heavy atom. The molecule has 90 valence electrons. The van der Waals surface area contributed by atoms with Gasteiger partial charge >= 0.3 is 0 Å². The summed E-state index contributed by atoms with van der Waals surface area (Å²) in [7, 11) is 0. The van der Waals surface area contributed by atoms with Crippen molar-refractivity contribution in [1.82, 2.24) is 4.98 Å². The van der Waals surface area contributed by atoms with Gasteiger partial charge < -0.3 is 10.5 Å². The zero-order valence-corrected chi connectivity index (χ0v) is 10.7. The van der Waals surface area contributed by atoms with Crippen LogP contribution in [0.1, 0.15) is 16.3 Å². The highest BCUT2D eigenvalue weighted by Crippen LogP contribution is 2.12. The van der Waals surface area contributed by atoms with Crippen LogP contribution in [0.3, 0.4) is 0 Å². The lowest BCUT2D eigenvalue weighted by molar-refractivity contribution is 0.123. The van der Waals surface area contributed by atoms with E-state index in [-0.39, 0.29) is 0 Å². The Bertz CT molecular complexity index is 482. The third kappa shape index (κ3) is 3.54. The van der Waals surface area contributed by atoms with Gasteiger partial charge in [-0.15, -0.1) is 11.3 Å². The lowest BCUT2D eigenvalue weighted by Gasteiger charge is -2.05. The van der Waals surface area contributed by atoms with Crippen molar-refractivity contribution >= 4 is 17.0 Å². The van der Waals surface area contributed by atoms with Crippen LogP contribution in [0.15, 0.2) is 29.6 Å². The fraction of sp³-hybridized carbons (Fsp3) is 0.308. The quantitative estimate of drug-likeness (QED) is 0.654. The molecule has 1 aromatic carbocycles. The predicted molar refractivity (Wildman–Crippen MR) is 71.1 cm³/mol. The minimum atomic E-state index is 0.589. The molecule has 0 aliphatic heterocycles. The summed E-state index contributed by atoms with van der Waals surface area (Å²) in [4.78, 5) is 4.34. The van der Waals surface area contributed by atoms with Crippen LogP contribution >= 0.6 is 11.3 Å². The number of rotatable bonds is 5. The Kier molecular flexibility index (Phi) is 4.12. The van der Waals surface area contributed by atoms with E-state index in [1.54, 1.807) is 11.3 Å². The van der Waals surface area contributed by atoms with E-state index < -0.39 is 0 Å². The first-order valence-electron chi connectivity index (χ1n) is 5.58. The Labute approximate surface area is 105 Å². The monoisotopic (exact) mass is 248 g/mol. The Morgan fingerprint density at radius 2 is 2.18 bits per heavy atom. The number of benzene rings is 1. The average Bonchev–Trinajstić information content (AvgIpc) is 2.73. The second kappa shape index (κ2) is 5.80. The number of anilines is 1. The lowest BCUT2D eigenvalue weighted by Crippen LogP contribution is -2.01. The Hall–Kier alpha value is -1.39. The van der Waals surface area contributed by atoms with Gasteiger partial charge in [-0.2, -0.15) is 0 Å². The van der Waals surface area contributed by atoms with Gasteiger partial charge in [-0.1, -0.05) is 18.2 Å². The minimum Gasteiger partial charge on any atom is -0.399 e. The number of thiazole rings is 1. The summed E-state index contributed by atoms with van der Waals surface area (Å²) in [6.45, 7) is 3.25. The SMILES string of the molecule is Cc1csc(COCCc2ccccc2N)n1. The third-order valence-corrected chi connectivity index (χ3v) is 3.40. The summed E-state index contributed by atoms with van der Waals surface area (Å²) in [5.74, 6) is 0. The van der Waals surface area contributed by atoms with E-state index in [9.17, 15) is 0 Å². The van der Waals surface area contributed by atoms with Crippen molar-refractivity contribution in [3.05, 3.63) is 45.9 Å². The van der Waals surface area contributed by atoms with Gasteiger partial charge in [0.25, 0.3) is 0 Å². The van der Waals surface area contributed by atoms with Crippen molar-refractivity contribution < 1.29 is 4.74 Å². The molecule has 0 amide bonds. The lowest BCUT2D eigenvalue weighted by atomic mass is 10.1. The number of hydrogen-bond acceptors (Lipinski definition) is 4. The van der Waals surface area contributed by atoms with Gasteiger partial charge in [0.05, 0.1) is 13.2 Å². The van der Waals surface area contributed by atoms with Gasteiger partial charge in [0.2, 0.25) is 0 Å². The van der Waals surface area contributed by atoms with Gasteiger partial charge in [0.15, 0.2) is 0 Å². The van der Waals surface area contributed by atoms with Gasteiger partial charge in [-0.3, -0.25) is 0 Å². The van der Waals surface area contributed by atoms with Crippen molar-refractivity contribution in [1.29, 1.82) is 0 Å². The molecule has 0 spiro atoms. The van der Waals surface area contributed by atoms with Crippen LogP contribution in [-0.4, -0.2) is 11.6 Å². The predicted octanol–water partition coefficient (Wildman–Crippen LogP) is 2.79. The van der Waals surface area contributed by atoms with Gasteiger partial charge in [0, 0.05) is 16.8 Å². The zero-order valence-electron chi connectivity index (χ0n) is 9.85. The molecule has 0 fully saturated rings. The van der Waals surface area contributed by atoms with E-state index in [0.29, 0.717) is 13.2 Å². The van der Waals surface area contributed by atoms with E-state index in [0.717, 1.165) is 28.4 Å². The molecular formula is C13H16N2OS. The fourth-order valence-corrected chi connectivity index (χ4v) is 2.28. The molecule has 0 unspecified atom stereocenters. The van der Waals surface area contributed by atoms with E-state index in [1.807, 2.05) is 36.6 Å². The number of para-hydroxylation sites is 1. The molecule has 4 heteroatoms. The smallest absolute Gasteiger partial charge is 0.119 e. The standard InChI is InChI=1S/C13H16N2OS/c1-10-9-17-13(15-10)8-16-7-6-11-4-2-3-5-12(11)14/h2-5,9H,6-8,14H2,1H3. The van der Waals surface area contributed by atoms with Crippen LogP contribution in [0, 0.1) is 6.92 Å². The van der Waals surface area contributed by atoms with Crippen LogP contribution in [0.2, 0.25) is 0 Å². The molecule has 0 atom stereocenters. The second-order valence-corrected chi connectivity index (χ2v) is 4.83. The first kappa shape index (κ1) is 12.1. The molecule has 0 saturated heterocycles. The van der Waals surface area contributed by atoms with E-state index >= 15 is 0 Å². The Morgan fingerprint density at radius 1 is 1.35 bits per heavy atom. The summed E-state index contributed by atoms with van der Waals surface area (Å²) in [5, 5.41) is 3.07. The molecular weight excluding hydrogens is 232 g/mol. The Balaban J connectivity index is 1.75. The largest absolute Gasteiger partial charge is 0.399 e. The number of ether oxygens (including phenoxy) is 1. The number of nitrogens with two attached hydrogens (primary N) is 1. The normalized spacial score (nSPS) is 10.6. The van der Waals surface area contributed by atoms with Crippen LogP contribution in [0.4, 0.5) is 5.69 Å². The van der Waals surface area contributed by atoms with Crippen LogP contribution in [-0.2, 0) is 17.8 Å². The van der Waals surface area contributed by atoms with Crippen molar-refractivity contribution in [2.45, 2.75) is 20.0 Å². The first-order chi connectivity index (χ1) is 8.25. The number of aryl methyl sites for hydroxylation is 1. The fourth-order valence-electron chi connectivity index (χ4n) is 1.57. The van der Waals surface area contributed by atoms with Crippen molar-refractivity contribution in [2.75, 3.05) is 12.3 Å². The van der Waals surface area contributed by atoms with E-state index in [1.165, 1.54) is 0 Å². The maximum atomic E-state index is 5.85. The van der Waals surface area contributed by atoms with E-state index in [4.69, 9.17) is 10.5 Å². The van der Waals surface area contributed by atoms with Crippen LogP contribution in [0.5, 0.6) is 0 Å². The van der Waals surface area contributed by atoms with Gasteiger partial charge in [-0.05, 0) is 25.0 Å². The highest BCUT2D eigenvalue weighted by Gasteiger charge is 2.00. The molecule has 0 bridgehead atoms. The topological polar surface area (TPSA) is 48.1 Å². The molecule has 3 nitrogen and oxygen atoms in total. The minimum absolute atomic E-state index is 0.589. The van der Waals surface area contributed by atoms with Crippen molar-refractivity contribution in [3.8, 4) is 0 Å². The van der Waals surface area contributed by atoms with E-state index in [2.05, 4.69) is 4.98 Å². The van der Waals surface area contributed by atoms with Crippen LogP contribution in [0.25, 0.3) is 0 Å². The average molecular weight is 248 g/mol. The second-order valence-electron chi connectivity index (χ2n) is 3.88. The summed E-state index contributed by atoms with van der Waals surface area (Å²) in [6.07, 6.45) is 0.844. The molecule has 1 aromatic heterocycles. The van der Waals surface area contributed by atoms with Crippen molar-refractivity contribution in [2.24, 2.45) is 0 Å². The summed E-state index contributed by atoms with van der Waals surface area (Å²) < 4.78 is 5.58. The molecule has 2 aromatic rings. The summed E-state index contributed by atoms with van der Waals surface area (Å²) in [6, 6.07) is 7.89. The summed E-state index contributed by atoms with van der Waals surface area (Å²) >= 11 is 1.64. The molecule has 0 radical (unpaired) electrons. The third-order valence-electron chi connectivity index (χ3n) is 2.46. The molecule has 2 N–H and O–H groups in total. The number of nitrogen functional groups attached to an aromatic ring is 1. The summed E-state index contributed by atoms with van der Waals surface area (Å²) in [5.41, 5.74) is 8.88. The highest BCUT2D eigenvalue weighted by atomic mass is 32.1. The molecule has 0 saturated carbocycles. The molecule has 2 rings (SSSR count).